The molecule has 0 aliphatic heterocycles. The number of carbonyl (C=O) groups is 1. The molecule has 0 atom stereocenters. The Morgan fingerprint density at radius 2 is 1.93 bits per heavy atom. The second kappa shape index (κ2) is 9.34. The zero-order valence-corrected chi connectivity index (χ0v) is 18.7. The van der Waals surface area contributed by atoms with Gasteiger partial charge in [0, 0.05) is 9.35 Å². The maximum Gasteiger partial charge on any atom is 0.264 e. The van der Waals surface area contributed by atoms with Gasteiger partial charge in [-0.15, -0.1) is 11.3 Å². The Morgan fingerprint density at radius 3 is 2.59 bits per heavy atom. The number of nitrogens with one attached hydrogen (secondary N) is 1. The molecular weight excluding hydrogens is 474 g/mol. The molecule has 0 saturated heterocycles. The molecule has 0 aliphatic carbocycles. The smallest absolute Gasteiger partial charge is 0.264 e. The van der Waals surface area contributed by atoms with E-state index in [4.69, 9.17) is 0 Å². The topological polar surface area (TPSA) is 78.8 Å². The lowest BCUT2D eigenvalue weighted by molar-refractivity contribution is -0.119. The maximum absolute atomic E-state index is 13.2. The average molecular weight is 492 g/mol. The van der Waals surface area contributed by atoms with Crippen LogP contribution in [0.5, 0.6) is 0 Å². The van der Waals surface area contributed by atoms with E-state index in [2.05, 4.69) is 26.5 Å². The van der Waals surface area contributed by atoms with Crippen molar-refractivity contribution < 1.29 is 13.2 Å². The molecule has 0 aliphatic rings. The van der Waals surface area contributed by atoms with Gasteiger partial charge in [0.15, 0.2) is 0 Å². The first kappa shape index (κ1) is 21.2. The van der Waals surface area contributed by atoms with Crippen molar-refractivity contribution in [2.45, 2.75) is 11.8 Å². The second-order valence-electron chi connectivity index (χ2n) is 6.07. The van der Waals surface area contributed by atoms with Crippen molar-refractivity contribution in [1.29, 1.82) is 0 Å². The Kier molecular flexibility index (Phi) is 6.83. The first-order chi connectivity index (χ1) is 13.9. The minimum absolute atomic E-state index is 0.102. The van der Waals surface area contributed by atoms with Gasteiger partial charge in [0.1, 0.15) is 6.54 Å². The maximum atomic E-state index is 13.2. The average Bonchev–Trinajstić information content (AvgIpc) is 3.11. The fourth-order valence-electron chi connectivity index (χ4n) is 2.51. The Labute approximate surface area is 182 Å². The summed E-state index contributed by atoms with van der Waals surface area (Å²) >= 11 is 4.85. The molecule has 0 fully saturated rings. The molecule has 0 unspecified atom stereocenters. The Bertz CT molecular complexity index is 1130. The van der Waals surface area contributed by atoms with E-state index in [0.717, 1.165) is 14.7 Å². The third-order valence-electron chi connectivity index (χ3n) is 3.99. The SMILES string of the molecule is Cc1ccsc1/C=N\NC(=O)CN(c1cccc(Br)c1)S(=O)(=O)c1ccccc1. The van der Waals surface area contributed by atoms with Crippen LogP contribution in [0.15, 0.2) is 80.5 Å². The lowest BCUT2D eigenvalue weighted by Crippen LogP contribution is -2.39. The monoisotopic (exact) mass is 491 g/mol. The van der Waals surface area contributed by atoms with Crippen LogP contribution in [0.1, 0.15) is 10.4 Å². The number of benzene rings is 2. The molecule has 0 bridgehead atoms. The molecule has 0 radical (unpaired) electrons. The highest BCUT2D eigenvalue weighted by Gasteiger charge is 2.27. The van der Waals surface area contributed by atoms with E-state index in [1.165, 1.54) is 23.5 Å². The van der Waals surface area contributed by atoms with Gasteiger partial charge in [0.05, 0.1) is 16.8 Å². The van der Waals surface area contributed by atoms with Crippen LogP contribution in [0.3, 0.4) is 0 Å². The fraction of sp³-hybridized carbons (Fsp3) is 0.100. The molecule has 2 aromatic carbocycles. The Morgan fingerprint density at radius 1 is 1.17 bits per heavy atom. The number of halogens is 1. The van der Waals surface area contributed by atoms with E-state index in [1.807, 2.05) is 18.4 Å². The van der Waals surface area contributed by atoms with E-state index in [-0.39, 0.29) is 4.90 Å². The normalized spacial score (nSPS) is 11.5. The van der Waals surface area contributed by atoms with Gasteiger partial charge in [0.2, 0.25) is 0 Å². The van der Waals surface area contributed by atoms with Gasteiger partial charge < -0.3 is 0 Å². The van der Waals surface area contributed by atoms with Crippen molar-refractivity contribution in [3.8, 4) is 0 Å². The number of aryl methyl sites for hydroxylation is 1. The number of nitrogens with zero attached hydrogens (tertiary/aromatic N) is 2. The van der Waals surface area contributed by atoms with Crippen LogP contribution >= 0.6 is 27.3 Å². The van der Waals surface area contributed by atoms with E-state index >= 15 is 0 Å². The molecule has 9 heteroatoms. The second-order valence-corrected chi connectivity index (χ2v) is 9.79. The minimum atomic E-state index is -3.94. The zero-order chi connectivity index (χ0) is 20.9. The predicted octanol–water partition coefficient (Wildman–Crippen LogP) is 4.16. The highest BCUT2D eigenvalue weighted by Crippen LogP contribution is 2.26. The molecule has 1 heterocycles. The Hall–Kier alpha value is -2.49. The van der Waals surface area contributed by atoms with Gasteiger partial charge in [-0.2, -0.15) is 5.10 Å². The summed E-state index contributed by atoms with van der Waals surface area (Å²) in [6.45, 7) is 1.54. The van der Waals surface area contributed by atoms with E-state index < -0.39 is 22.5 Å². The third-order valence-corrected chi connectivity index (χ3v) is 7.22. The van der Waals surface area contributed by atoms with Gasteiger partial charge >= 0.3 is 0 Å². The summed E-state index contributed by atoms with van der Waals surface area (Å²) in [7, 11) is -3.94. The van der Waals surface area contributed by atoms with Crippen molar-refractivity contribution in [2.75, 3.05) is 10.8 Å². The summed E-state index contributed by atoms with van der Waals surface area (Å²) < 4.78 is 28.1. The number of hydrogen-bond donors (Lipinski definition) is 1. The van der Waals surface area contributed by atoms with Crippen LogP contribution in [0, 0.1) is 6.92 Å². The lowest BCUT2D eigenvalue weighted by Gasteiger charge is -2.23. The van der Waals surface area contributed by atoms with Crippen LogP contribution < -0.4 is 9.73 Å². The minimum Gasteiger partial charge on any atom is -0.271 e. The third kappa shape index (κ3) is 5.31. The summed E-state index contributed by atoms with van der Waals surface area (Å²) in [5, 5.41) is 5.88. The summed E-state index contributed by atoms with van der Waals surface area (Å²) in [6, 6.07) is 16.7. The predicted molar refractivity (Wildman–Crippen MR) is 120 cm³/mol. The first-order valence-corrected chi connectivity index (χ1v) is 11.7. The molecule has 29 heavy (non-hydrogen) atoms. The number of hydrogen-bond acceptors (Lipinski definition) is 5. The molecule has 6 nitrogen and oxygen atoms in total. The lowest BCUT2D eigenvalue weighted by atomic mass is 10.3. The number of hydrazone groups is 1. The standard InChI is InChI=1S/C20H18BrN3O3S2/c1-15-10-11-28-19(15)13-22-23-20(25)14-24(17-7-5-6-16(21)12-17)29(26,27)18-8-3-2-4-9-18/h2-13H,14H2,1H3,(H,23,25)/b22-13-. The summed E-state index contributed by atoms with van der Waals surface area (Å²) in [6.07, 6.45) is 1.55. The molecule has 0 spiro atoms. The number of rotatable bonds is 7. The van der Waals surface area contributed by atoms with Gasteiger partial charge in [-0.25, -0.2) is 13.8 Å². The van der Waals surface area contributed by atoms with Crippen molar-refractivity contribution in [3.63, 3.8) is 0 Å². The molecule has 150 valence electrons. The molecule has 3 rings (SSSR count). The van der Waals surface area contributed by atoms with Crippen molar-refractivity contribution in [3.05, 3.63) is 81.0 Å². The highest BCUT2D eigenvalue weighted by atomic mass is 79.9. The van der Waals surface area contributed by atoms with Gasteiger partial charge in [-0.3, -0.25) is 9.10 Å². The number of carbonyl (C=O) groups excluding carboxylic acids is 1. The number of anilines is 1. The van der Waals surface area contributed by atoms with Crippen LogP contribution in [0.25, 0.3) is 0 Å². The van der Waals surface area contributed by atoms with Gasteiger partial charge in [0.25, 0.3) is 15.9 Å². The largest absolute Gasteiger partial charge is 0.271 e. The molecular formula is C20H18BrN3O3S2. The van der Waals surface area contributed by atoms with Crippen LogP contribution in [0.4, 0.5) is 5.69 Å². The molecule has 1 N–H and O–H groups in total. The van der Waals surface area contributed by atoms with E-state index in [0.29, 0.717) is 10.2 Å². The molecule has 0 saturated carbocycles. The molecule has 1 aromatic heterocycles. The van der Waals surface area contributed by atoms with Crippen LogP contribution in [0.2, 0.25) is 0 Å². The number of amides is 1. The zero-order valence-electron chi connectivity index (χ0n) is 15.4. The van der Waals surface area contributed by atoms with Gasteiger partial charge in [-0.05, 0) is 54.3 Å². The molecule has 1 amide bonds. The first-order valence-electron chi connectivity index (χ1n) is 8.57. The van der Waals surface area contributed by atoms with E-state index in [9.17, 15) is 13.2 Å². The number of thiophene rings is 1. The van der Waals surface area contributed by atoms with E-state index in [1.54, 1.807) is 48.7 Å². The van der Waals surface area contributed by atoms with Crippen molar-refractivity contribution >= 4 is 55.1 Å². The highest BCUT2D eigenvalue weighted by molar-refractivity contribution is 9.10. The Balaban J connectivity index is 1.85. The number of sulfonamides is 1. The van der Waals surface area contributed by atoms with Crippen LogP contribution in [-0.2, 0) is 14.8 Å². The summed E-state index contributed by atoms with van der Waals surface area (Å²) in [5.74, 6) is -0.546. The molecule has 3 aromatic rings. The van der Waals surface area contributed by atoms with Crippen molar-refractivity contribution in [1.82, 2.24) is 5.43 Å². The fourth-order valence-corrected chi connectivity index (χ4v) is 5.12. The van der Waals surface area contributed by atoms with Crippen LogP contribution in [-0.4, -0.2) is 27.1 Å². The van der Waals surface area contributed by atoms with Crippen molar-refractivity contribution in [2.24, 2.45) is 5.10 Å². The summed E-state index contributed by atoms with van der Waals surface area (Å²) in [5.41, 5.74) is 3.83. The summed E-state index contributed by atoms with van der Waals surface area (Å²) in [4.78, 5) is 13.5. The van der Waals surface area contributed by atoms with Gasteiger partial charge in [-0.1, -0.05) is 40.2 Å². The quantitative estimate of drug-likeness (QED) is 0.397.